The summed E-state index contributed by atoms with van der Waals surface area (Å²) in [5.74, 6) is -2.56. The predicted molar refractivity (Wildman–Crippen MR) is 116 cm³/mol. The van der Waals surface area contributed by atoms with E-state index in [1.54, 1.807) is 29.6 Å². The van der Waals surface area contributed by atoms with E-state index in [2.05, 4.69) is 17.9 Å². The van der Waals surface area contributed by atoms with Crippen LogP contribution < -0.4 is 10.1 Å². The van der Waals surface area contributed by atoms with Gasteiger partial charge in [0.05, 0.1) is 11.5 Å². The summed E-state index contributed by atoms with van der Waals surface area (Å²) in [6.45, 7) is 3.11. The van der Waals surface area contributed by atoms with Crippen molar-refractivity contribution in [3.8, 4) is 5.75 Å². The van der Waals surface area contributed by atoms with Crippen molar-refractivity contribution < 1.29 is 28.7 Å². The van der Waals surface area contributed by atoms with Gasteiger partial charge in [-0.05, 0) is 36.9 Å². The highest BCUT2D eigenvalue weighted by molar-refractivity contribution is 7.83. The summed E-state index contributed by atoms with van der Waals surface area (Å²) in [5.41, 5.74) is 0.111. The first-order valence-electron chi connectivity index (χ1n) is 9.33. The van der Waals surface area contributed by atoms with E-state index in [1.165, 1.54) is 30.4 Å². The number of Topliss-reactive ketones (excluding diaryl/α,β-unsaturated/α-hetero) is 1. The van der Waals surface area contributed by atoms with E-state index in [-0.39, 0.29) is 17.9 Å². The van der Waals surface area contributed by atoms with Gasteiger partial charge in [-0.3, -0.25) is 9.59 Å². The Bertz CT molecular complexity index is 908. The number of thiol groups is 1. The van der Waals surface area contributed by atoms with Gasteiger partial charge in [-0.25, -0.2) is 9.59 Å². The number of carbonyl (C=O) groups is 4. The number of esters is 2. The van der Waals surface area contributed by atoms with Gasteiger partial charge in [0.15, 0.2) is 10.5 Å². The van der Waals surface area contributed by atoms with E-state index in [9.17, 15) is 19.2 Å². The molecule has 2 rings (SSSR count). The topological polar surface area (TPSA) is 98.8 Å². The summed E-state index contributed by atoms with van der Waals surface area (Å²) >= 11 is 5.38. The molecule has 1 unspecified atom stereocenters. The van der Waals surface area contributed by atoms with Gasteiger partial charge in [-0.2, -0.15) is 12.6 Å². The predicted octanol–water partition coefficient (Wildman–Crippen LogP) is 3.30. The fourth-order valence-corrected chi connectivity index (χ4v) is 3.39. The summed E-state index contributed by atoms with van der Waals surface area (Å²) in [5, 5.41) is 4.07. The van der Waals surface area contributed by atoms with Crippen LogP contribution in [0.1, 0.15) is 46.7 Å². The van der Waals surface area contributed by atoms with Gasteiger partial charge < -0.3 is 14.8 Å². The second-order valence-corrected chi connectivity index (χ2v) is 8.36. The summed E-state index contributed by atoms with van der Waals surface area (Å²) in [4.78, 5) is 49.6. The van der Waals surface area contributed by atoms with E-state index < -0.39 is 34.9 Å². The third-order valence-corrected chi connectivity index (χ3v) is 5.36. The van der Waals surface area contributed by atoms with Crippen LogP contribution in [0.15, 0.2) is 41.8 Å². The van der Waals surface area contributed by atoms with Crippen LogP contribution in [0.5, 0.6) is 5.75 Å². The molecule has 9 heteroatoms. The summed E-state index contributed by atoms with van der Waals surface area (Å²) < 4.78 is 8.71. The monoisotopic (exact) mass is 449 g/mol. The van der Waals surface area contributed by atoms with Crippen molar-refractivity contribution in [2.24, 2.45) is 0 Å². The Morgan fingerprint density at radius 3 is 2.53 bits per heavy atom. The highest BCUT2D eigenvalue weighted by Crippen LogP contribution is 2.24. The minimum Gasteiger partial charge on any atom is -0.462 e. The van der Waals surface area contributed by atoms with E-state index in [4.69, 9.17) is 9.47 Å². The molecule has 7 nitrogen and oxygen atoms in total. The number of hydrogen-bond acceptors (Lipinski definition) is 8. The number of carbonyl (C=O) groups excluding carboxylic acids is 4. The molecule has 1 aromatic heterocycles. The maximum absolute atomic E-state index is 12.4. The molecule has 0 bridgehead atoms. The lowest BCUT2D eigenvalue weighted by Crippen LogP contribution is -2.48. The zero-order chi connectivity index (χ0) is 22.1. The number of benzene rings is 1. The molecule has 0 aliphatic carbocycles. The molecule has 30 heavy (non-hydrogen) atoms. The van der Waals surface area contributed by atoms with Crippen LogP contribution in [-0.2, 0) is 14.3 Å². The third-order valence-electron chi connectivity index (χ3n) is 4.08. The van der Waals surface area contributed by atoms with Crippen molar-refractivity contribution in [1.82, 2.24) is 5.32 Å². The lowest BCUT2D eigenvalue weighted by atomic mass is 10.0. The first-order chi connectivity index (χ1) is 14.3. The summed E-state index contributed by atoms with van der Waals surface area (Å²) in [6, 6.07) is 9.47. The molecular weight excluding hydrogens is 426 g/mol. The maximum atomic E-state index is 12.4. The van der Waals surface area contributed by atoms with Gasteiger partial charge in [0.25, 0.3) is 0 Å². The van der Waals surface area contributed by atoms with Crippen molar-refractivity contribution in [3.63, 3.8) is 0 Å². The van der Waals surface area contributed by atoms with Gasteiger partial charge in [-0.15, -0.1) is 11.3 Å². The number of ether oxygens (including phenoxy) is 2. The third kappa shape index (κ3) is 6.17. The van der Waals surface area contributed by atoms with E-state index in [0.29, 0.717) is 4.88 Å². The van der Waals surface area contributed by atoms with Crippen LogP contribution in [-0.4, -0.2) is 41.5 Å². The van der Waals surface area contributed by atoms with Crippen LogP contribution in [0, 0.1) is 0 Å². The number of para-hydroxylation sites is 1. The number of rotatable bonds is 10. The van der Waals surface area contributed by atoms with Crippen LogP contribution in [0.3, 0.4) is 0 Å². The second kappa shape index (κ2) is 10.9. The number of ketones is 1. The second-order valence-electron chi connectivity index (χ2n) is 6.52. The first-order valence-corrected chi connectivity index (χ1v) is 10.7. The molecule has 1 amide bonds. The fraction of sp³-hybridized carbons (Fsp3) is 0.333. The fourth-order valence-electron chi connectivity index (χ4n) is 2.35. The van der Waals surface area contributed by atoms with Crippen LogP contribution in [0.2, 0.25) is 0 Å². The minimum absolute atomic E-state index is 0.0292. The van der Waals surface area contributed by atoms with Gasteiger partial charge in [-0.1, -0.05) is 31.5 Å². The highest BCUT2D eigenvalue weighted by Gasteiger charge is 2.38. The van der Waals surface area contributed by atoms with Crippen LogP contribution in [0.25, 0.3) is 0 Å². The molecule has 0 saturated heterocycles. The Morgan fingerprint density at radius 2 is 1.87 bits per heavy atom. The van der Waals surface area contributed by atoms with Gasteiger partial charge in [0, 0.05) is 0 Å². The van der Waals surface area contributed by atoms with E-state index in [0.717, 1.165) is 12.8 Å². The zero-order valence-electron chi connectivity index (χ0n) is 16.7. The SMILES string of the molecule is CCCCOC(=O)c1ccccc1OC(=O)CNC(=O)C(C)(S)C(=O)c1cccs1. The van der Waals surface area contributed by atoms with Gasteiger partial charge >= 0.3 is 11.9 Å². The molecule has 0 fully saturated rings. The van der Waals surface area contributed by atoms with E-state index >= 15 is 0 Å². The Morgan fingerprint density at radius 1 is 1.13 bits per heavy atom. The maximum Gasteiger partial charge on any atom is 0.341 e. The summed E-state index contributed by atoms with van der Waals surface area (Å²) in [6.07, 6.45) is 1.61. The Balaban J connectivity index is 1.95. The highest BCUT2D eigenvalue weighted by atomic mass is 32.1. The average molecular weight is 450 g/mol. The van der Waals surface area contributed by atoms with Crippen molar-refractivity contribution in [2.45, 2.75) is 31.4 Å². The Labute approximate surface area is 184 Å². The first kappa shape index (κ1) is 23.6. The zero-order valence-corrected chi connectivity index (χ0v) is 18.4. The standard InChI is InChI=1S/C21H23NO6S2/c1-3-4-11-27-19(25)14-8-5-6-9-15(14)28-17(23)13-22-20(26)21(2,29)18(24)16-10-7-12-30-16/h5-10,12,29H,3-4,11,13H2,1-2H3,(H,22,26). The molecule has 0 aliphatic heterocycles. The van der Waals surface area contributed by atoms with Crippen LogP contribution >= 0.6 is 24.0 Å². The Kier molecular flexibility index (Phi) is 8.61. The quantitative estimate of drug-likeness (QED) is 0.144. The number of hydrogen-bond donors (Lipinski definition) is 2. The van der Waals surface area contributed by atoms with Gasteiger partial charge in [0.1, 0.15) is 17.9 Å². The molecule has 1 heterocycles. The molecule has 0 saturated carbocycles. The normalized spacial score (nSPS) is 12.5. The molecule has 0 spiro atoms. The largest absolute Gasteiger partial charge is 0.462 e. The van der Waals surface area contributed by atoms with Crippen molar-refractivity contribution in [2.75, 3.05) is 13.2 Å². The number of nitrogens with one attached hydrogen (secondary N) is 1. The smallest absolute Gasteiger partial charge is 0.341 e. The molecule has 1 aromatic carbocycles. The molecule has 1 N–H and O–H groups in total. The Hall–Kier alpha value is -2.65. The van der Waals surface area contributed by atoms with Crippen molar-refractivity contribution >= 4 is 47.6 Å². The van der Waals surface area contributed by atoms with Crippen LogP contribution in [0.4, 0.5) is 0 Å². The van der Waals surface area contributed by atoms with Crippen molar-refractivity contribution in [3.05, 3.63) is 52.2 Å². The average Bonchev–Trinajstić information content (AvgIpc) is 3.26. The van der Waals surface area contributed by atoms with E-state index in [1.807, 2.05) is 6.92 Å². The minimum atomic E-state index is -1.65. The molecule has 0 aliphatic rings. The molecule has 1 atom stereocenters. The molecule has 0 radical (unpaired) electrons. The number of amides is 1. The molecule has 2 aromatic rings. The number of unbranched alkanes of at least 4 members (excludes halogenated alkanes) is 1. The molecular formula is C21H23NO6S2. The number of thiophene rings is 1. The molecule has 160 valence electrons. The lowest BCUT2D eigenvalue weighted by Gasteiger charge is -2.20. The lowest BCUT2D eigenvalue weighted by molar-refractivity contribution is -0.135. The van der Waals surface area contributed by atoms with Crippen molar-refractivity contribution in [1.29, 1.82) is 0 Å². The summed E-state index contributed by atoms with van der Waals surface area (Å²) in [7, 11) is 0. The van der Waals surface area contributed by atoms with Gasteiger partial charge in [0.2, 0.25) is 5.91 Å².